The molecule has 8 aromatic carbocycles. The molecule has 0 radical (unpaired) electrons. The normalized spacial score (nSPS) is 11.7. The van der Waals surface area contributed by atoms with Crippen LogP contribution in [0.15, 0.2) is 243 Å². The molecule has 0 fully saturated rings. The van der Waals surface area contributed by atoms with Gasteiger partial charge in [-0.15, -0.1) is 0 Å². The molecule has 0 aliphatic heterocycles. The molecule has 0 bridgehead atoms. The average molecular weight is 1400 g/mol. The van der Waals surface area contributed by atoms with E-state index in [1.165, 1.54) is 82.7 Å². The lowest BCUT2D eigenvalue weighted by Gasteiger charge is -2.08. The van der Waals surface area contributed by atoms with Gasteiger partial charge in [-0.05, 0) is 160 Å². The highest BCUT2D eigenvalue weighted by Gasteiger charge is 2.29. The van der Waals surface area contributed by atoms with E-state index in [1.807, 2.05) is 55.1 Å². The minimum absolute atomic E-state index is 0.696. The Bertz CT molecular complexity index is 7090. The summed E-state index contributed by atoms with van der Waals surface area (Å²) in [4.78, 5) is 18.4. The molecule has 0 amide bonds. The smallest absolute Gasteiger partial charge is 0.227 e. The van der Waals surface area contributed by atoms with Gasteiger partial charge in [0.15, 0.2) is 47.1 Å². The number of hydrogen-bond donors (Lipinski definition) is 0. The quantitative estimate of drug-likeness (QED) is 0.160. The van der Waals surface area contributed by atoms with Crippen LogP contribution in [0.1, 0.15) is 61.2 Å². The third-order valence-electron chi connectivity index (χ3n) is 21.7. The molecule has 522 valence electrons. The zero-order chi connectivity index (χ0) is 74.0. The molecule has 0 saturated heterocycles. The van der Waals surface area contributed by atoms with Gasteiger partial charge < -0.3 is 17.7 Å². The molecule has 0 saturated carbocycles. The Kier molecular flexibility index (Phi) is 16.6. The third-order valence-corrected chi connectivity index (χ3v) is 21.7. The first-order valence-electron chi connectivity index (χ1n) is 36.4. The Morgan fingerprint density at radius 2 is 0.626 bits per heavy atom. The van der Waals surface area contributed by atoms with Gasteiger partial charge in [-0.3, -0.25) is 0 Å². The highest BCUT2D eigenvalue weighted by molar-refractivity contribution is 6.24. The Labute approximate surface area is 619 Å². The van der Waals surface area contributed by atoms with E-state index in [0.717, 1.165) is 132 Å². The van der Waals surface area contributed by atoms with Gasteiger partial charge in [-0.1, -0.05) is 127 Å². The van der Waals surface area contributed by atoms with Gasteiger partial charge in [-0.25, -0.2) is 38.2 Å². The molecule has 0 atom stereocenters. The molecule has 20 rings (SSSR count). The lowest BCUT2D eigenvalue weighted by molar-refractivity contribution is -0.660. The monoisotopic (exact) mass is 1400 g/mol. The summed E-state index contributed by atoms with van der Waals surface area (Å²) in [6.45, 7) is 23.6. The molecular weight excluding hydrogens is 1320 g/mol. The van der Waals surface area contributed by atoms with Crippen LogP contribution in [-0.2, 0) is 28.2 Å². The van der Waals surface area contributed by atoms with Crippen molar-refractivity contribution in [1.82, 2.24) is 19.9 Å². The second-order valence-electron chi connectivity index (χ2n) is 29.1. The van der Waals surface area contributed by atoms with E-state index in [4.69, 9.17) is 17.7 Å². The van der Waals surface area contributed by atoms with Crippen LogP contribution in [0.25, 0.3) is 176 Å². The number of rotatable bonds is 4. The molecule has 0 unspecified atom stereocenters. The summed E-state index contributed by atoms with van der Waals surface area (Å²) in [5.41, 5.74) is 29.1. The number of benzene rings is 8. The molecule has 107 heavy (non-hydrogen) atoms. The van der Waals surface area contributed by atoms with Crippen molar-refractivity contribution in [2.24, 2.45) is 28.2 Å². The Morgan fingerprint density at radius 3 is 1.09 bits per heavy atom. The molecule has 12 heterocycles. The summed E-state index contributed by atoms with van der Waals surface area (Å²) in [5, 5.41) is 18.3. The largest absolute Gasteiger partial charge is 0.437 e. The SMILES string of the molecule is Cc1cc(-c2c(C)ccc3c2oc2ncc4ccccc4c23)[n+](C)cc1C.Cc1cc(C)c2c(oc3ncc4ccccc4c32)c1-c1cccc[n+]1C.Cc1cc[n+](C)c(-c2c(C)cc(C)c3c2oc2ncc4ccccc4c23)c1.Cc1ccc(-c2c(C)cc(C)c3c2oc2ncc4ccccc4c23)[n+](C)c1. The third kappa shape index (κ3) is 11.4. The summed E-state index contributed by atoms with van der Waals surface area (Å²) in [6.07, 6.45) is 16.1. The summed E-state index contributed by atoms with van der Waals surface area (Å²) >= 11 is 0. The van der Waals surface area contributed by atoms with Crippen molar-refractivity contribution >= 4 is 131 Å². The van der Waals surface area contributed by atoms with Gasteiger partial charge in [0.05, 0.1) is 43.8 Å². The molecule has 0 spiro atoms. The van der Waals surface area contributed by atoms with Crippen molar-refractivity contribution in [2.75, 3.05) is 0 Å². The second kappa shape index (κ2) is 26.4. The highest BCUT2D eigenvalue weighted by atomic mass is 16.4. The summed E-state index contributed by atoms with van der Waals surface area (Å²) in [5.74, 6) is 0. The van der Waals surface area contributed by atoms with Crippen molar-refractivity contribution < 1.29 is 35.9 Å². The fourth-order valence-electron chi connectivity index (χ4n) is 16.5. The molecule has 20 aromatic rings. The minimum Gasteiger partial charge on any atom is -0.437 e. The van der Waals surface area contributed by atoms with E-state index in [9.17, 15) is 0 Å². The zero-order valence-corrected chi connectivity index (χ0v) is 63.1. The van der Waals surface area contributed by atoms with E-state index in [0.29, 0.717) is 22.9 Å². The van der Waals surface area contributed by atoms with Gasteiger partial charge in [0.1, 0.15) is 28.2 Å². The topological polar surface area (TPSA) is 120 Å². The van der Waals surface area contributed by atoms with Crippen LogP contribution in [0.3, 0.4) is 0 Å². The Balaban J connectivity index is 0.000000105. The van der Waals surface area contributed by atoms with Crippen LogP contribution >= 0.6 is 0 Å². The lowest BCUT2D eigenvalue weighted by Crippen LogP contribution is -2.31. The fourth-order valence-corrected chi connectivity index (χ4v) is 16.5. The fraction of sp³-hybridized carbons (Fsp3) is 0.158. The van der Waals surface area contributed by atoms with E-state index in [1.54, 1.807) is 0 Å². The average Bonchev–Trinajstić information content (AvgIpc) is 1.62. The Hall–Kier alpha value is -12.8. The number of pyridine rings is 8. The van der Waals surface area contributed by atoms with Gasteiger partial charge in [-0.2, -0.15) is 0 Å². The van der Waals surface area contributed by atoms with Crippen LogP contribution in [0, 0.1) is 76.2 Å². The van der Waals surface area contributed by atoms with Crippen LogP contribution in [-0.4, -0.2) is 19.9 Å². The van der Waals surface area contributed by atoms with E-state index < -0.39 is 0 Å². The predicted octanol–water partition coefficient (Wildman–Crippen LogP) is 21.9. The predicted molar refractivity (Wildman–Crippen MR) is 435 cm³/mol. The standard InChI is InChI=1S/3C24H21N2O.C23H19N2O/c1-14-9-10-19-22-18-8-6-5-7-17(18)12-25-24(22)27-23(19)21(14)20-11-15(2)16(3)13-26(20)4;1-14-9-10-19(26(4)13-14)20-15(2)11-16(3)21-22-18-8-6-5-7-17(18)12-25-24(22)27-23(20)21;1-14-9-10-26(4)19(11-14)20-15(2)12-16(3)21-22-18-8-6-5-7-17(18)13-25-24(22)27-23(20)21;1-14-12-15(2)20-21-17-9-5-4-8-16(17)13-24-23(21)26-22(20)19(14)18-10-6-7-11-25(18)3/h3*5-13H,1-4H3;4-13H,1-3H3/q4*+1. The van der Waals surface area contributed by atoms with Crippen LogP contribution in [0.4, 0.5) is 0 Å². The van der Waals surface area contributed by atoms with Crippen molar-refractivity contribution in [3.8, 4) is 45.0 Å². The van der Waals surface area contributed by atoms with Gasteiger partial charge >= 0.3 is 0 Å². The number of nitrogens with zero attached hydrogens (tertiary/aromatic N) is 8. The maximum absolute atomic E-state index is 6.38. The summed E-state index contributed by atoms with van der Waals surface area (Å²) < 4.78 is 34.1. The number of aryl methyl sites for hydroxylation is 15. The Morgan fingerprint density at radius 1 is 0.243 bits per heavy atom. The molecule has 0 N–H and O–H groups in total. The van der Waals surface area contributed by atoms with Crippen LogP contribution < -0.4 is 18.3 Å². The van der Waals surface area contributed by atoms with Crippen LogP contribution in [0.5, 0.6) is 0 Å². The second-order valence-corrected chi connectivity index (χ2v) is 29.1. The highest BCUT2D eigenvalue weighted by Crippen LogP contribution is 2.46. The maximum atomic E-state index is 6.38. The van der Waals surface area contributed by atoms with Crippen molar-refractivity contribution in [2.45, 2.75) is 76.2 Å². The molecular formula is C95H82N8O4+4. The lowest BCUT2D eigenvalue weighted by atomic mass is 9.95. The number of aromatic nitrogens is 8. The molecule has 0 aliphatic carbocycles. The first-order valence-corrected chi connectivity index (χ1v) is 36.4. The van der Waals surface area contributed by atoms with Crippen molar-refractivity contribution in [3.63, 3.8) is 0 Å². The first-order chi connectivity index (χ1) is 51.8. The van der Waals surface area contributed by atoms with Gasteiger partial charge in [0.2, 0.25) is 45.6 Å². The molecule has 12 aromatic heterocycles. The minimum atomic E-state index is 0.696. The van der Waals surface area contributed by atoms with E-state index in [-0.39, 0.29) is 0 Å². The van der Waals surface area contributed by atoms with Crippen molar-refractivity contribution in [1.29, 1.82) is 0 Å². The van der Waals surface area contributed by atoms with Gasteiger partial charge in [0, 0.05) is 115 Å². The summed E-state index contributed by atoms with van der Waals surface area (Å²) in [7, 11) is 8.33. The molecule has 12 heteroatoms. The van der Waals surface area contributed by atoms with Gasteiger partial charge in [0.25, 0.3) is 0 Å². The number of furan rings is 4. The van der Waals surface area contributed by atoms with E-state index >= 15 is 0 Å². The first kappa shape index (κ1) is 67.4. The molecule has 12 nitrogen and oxygen atoms in total. The number of fused-ring (bicyclic) bond motifs is 20. The summed E-state index contributed by atoms with van der Waals surface area (Å²) in [6, 6.07) is 61.7. The van der Waals surface area contributed by atoms with Crippen LogP contribution in [0.2, 0.25) is 0 Å². The van der Waals surface area contributed by atoms with E-state index in [2.05, 4.69) is 313 Å². The number of hydrogen-bond acceptors (Lipinski definition) is 8. The van der Waals surface area contributed by atoms with Crippen molar-refractivity contribution in [3.05, 3.63) is 287 Å². The maximum Gasteiger partial charge on any atom is 0.227 e. The zero-order valence-electron chi connectivity index (χ0n) is 63.1. The molecule has 0 aliphatic rings.